The number of fused-ring (bicyclic) bond motifs is 1. The van der Waals surface area contributed by atoms with Gasteiger partial charge in [-0.3, -0.25) is 9.29 Å². The Morgan fingerprint density at radius 1 is 0.868 bits per heavy atom. The summed E-state index contributed by atoms with van der Waals surface area (Å²) >= 11 is 0. The van der Waals surface area contributed by atoms with Gasteiger partial charge in [0.25, 0.3) is 10.0 Å². The summed E-state index contributed by atoms with van der Waals surface area (Å²) in [7, 11) is -0.770. The van der Waals surface area contributed by atoms with Gasteiger partial charge in [-0.25, -0.2) is 18.2 Å². The van der Waals surface area contributed by atoms with Gasteiger partial charge in [-0.05, 0) is 73.7 Å². The Labute approximate surface area is 218 Å². The number of rotatable bonds is 8. The Hall–Kier alpha value is -4.84. The van der Waals surface area contributed by atoms with Gasteiger partial charge in [0.05, 0.1) is 17.5 Å². The van der Waals surface area contributed by atoms with Crippen molar-refractivity contribution < 1.29 is 17.6 Å². The first-order chi connectivity index (χ1) is 18.2. The van der Waals surface area contributed by atoms with Crippen LogP contribution in [0.2, 0.25) is 0 Å². The molecule has 0 atom stereocenters. The molecular formula is C26H24N6O5S. The van der Waals surface area contributed by atoms with E-state index in [2.05, 4.69) is 25.3 Å². The molecular weight excluding hydrogens is 508 g/mol. The Bertz CT molecular complexity index is 1780. The molecule has 0 aliphatic rings. The Morgan fingerprint density at radius 3 is 2.24 bits per heavy atom. The lowest BCUT2D eigenvalue weighted by Crippen LogP contribution is -2.13. The lowest BCUT2D eigenvalue weighted by atomic mass is 10.3. The summed E-state index contributed by atoms with van der Waals surface area (Å²) in [5.74, 6) is 1.19. The van der Waals surface area contributed by atoms with Crippen molar-refractivity contribution in [2.24, 2.45) is 7.05 Å². The van der Waals surface area contributed by atoms with E-state index >= 15 is 0 Å². The maximum Gasteiger partial charge on any atom is 0.419 e. The van der Waals surface area contributed by atoms with Crippen LogP contribution in [0.4, 0.5) is 28.8 Å². The fraction of sp³-hybridized carbons (Fsp3) is 0.115. The molecule has 12 heteroatoms. The zero-order valence-corrected chi connectivity index (χ0v) is 21.5. The average Bonchev–Trinajstić information content (AvgIpc) is 3.18. The highest BCUT2D eigenvalue weighted by molar-refractivity contribution is 7.92. The number of hydrogen-bond acceptors (Lipinski definition) is 9. The molecule has 194 valence electrons. The fourth-order valence-electron chi connectivity index (χ4n) is 3.75. The zero-order valence-electron chi connectivity index (χ0n) is 20.7. The fourth-order valence-corrected chi connectivity index (χ4v) is 4.83. The van der Waals surface area contributed by atoms with Gasteiger partial charge in [0.15, 0.2) is 5.58 Å². The molecule has 0 aliphatic heterocycles. The number of oxazole rings is 1. The predicted molar refractivity (Wildman–Crippen MR) is 145 cm³/mol. The van der Waals surface area contributed by atoms with E-state index in [1.54, 1.807) is 31.4 Å². The molecule has 5 rings (SSSR count). The van der Waals surface area contributed by atoms with Crippen molar-refractivity contribution in [3.05, 3.63) is 89.0 Å². The quantitative estimate of drug-likeness (QED) is 0.263. The van der Waals surface area contributed by atoms with Gasteiger partial charge in [-0.2, -0.15) is 4.98 Å². The van der Waals surface area contributed by atoms with E-state index in [-0.39, 0.29) is 4.90 Å². The van der Waals surface area contributed by atoms with Gasteiger partial charge in [-0.1, -0.05) is 0 Å². The maximum atomic E-state index is 12.9. The van der Waals surface area contributed by atoms with Crippen LogP contribution in [0.5, 0.6) is 5.75 Å². The van der Waals surface area contributed by atoms with E-state index < -0.39 is 15.8 Å². The summed E-state index contributed by atoms with van der Waals surface area (Å²) in [5, 5.41) is 6.38. The highest BCUT2D eigenvalue weighted by Gasteiger charge is 2.17. The molecule has 3 N–H and O–H groups in total. The van der Waals surface area contributed by atoms with E-state index in [0.717, 1.165) is 17.1 Å². The average molecular weight is 533 g/mol. The molecule has 0 saturated carbocycles. The minimum atomic E-state index is -3.90. The van der Waals surface area contributed by atoms with E-state index in [4.69, 9.17) is 9.15 Å². The Morgan fingerprint density at radius 2 is 1.53 bits per heavy atom. The summed E-state index contributed by atoms with van der Waals surface area (Å²) in [6.07, 6.45) is 0. The normalized spacial score (nSPS) is 11.3. The summed E-state index contributed by atoms with van der Waals surface area (Å²) in [5.41, 5.74) is 3.34. The number of nitrogens with zero attached hydrogens (tertiary/aromatic N) is 3. The molecule has 2 heterocycles. The van der Waals surface area contributed by atoms with Gasteiger partial charge >= 0.3 is 5.76 Å². The highest BCUT2D eigenvalue weighted by atomic mass is 32.2. The number of anilines is 5. The van der Waals surface area contributed by atoms with Crippen molar-refractivity contribution in [1.29, 1.82) is 0 Å². The van der Waals surface area contributed by atoms with Crippen LogP contribution < -0.4 is 25.8 Å². The van der Waals surface area contributed by atoms with Crippen LogP contribution in [0.15, 0.2) is 86.9 Å². The van der Waals surface area contributed by atoms with Crippen LogP contribution in [0.3, 0.4) is 0 Å². The number of aryl methyl sites for hydroxylation is 2. The van der Waals surface area contributed by atoms with Crippen molar-refractivity contribution in [3.8, 4) is 5.75 Å². The number of hydrogen-bond donors (Lipinski definition) is 3. The lowest BCUT2D eigenvalue weighted by molar-refractivity contribution is 0.415. The number of methoxy groups -OCH3 is 1. The van der Waals surface area contributed by atoms with Gasteiger partial charge in [0.2, 0.25) is 5.95 Å². The molecule has 0 fully saturated rings. The third kappa shape index (κ3) is 5.30. The lowest BCUT2D eigenvalue weighted by Gasteiger charge is -2.12. The monoisotopic (exact) mass is 532 g/mol. The predicted octanol–water partition coefficient (Wildman–Crippen LogP) is 4.53. The third-order valence-corrected chi connectivity index (χ3v) is 7.06. The second-order valence-electron chi connectivity index (χ2n) is 8.44. The number of nitrogens with one attached hydrogen (secondary N) is 3. The van der Waals surface area contributed by atoms with Gasteiger partial charge in [0, 0.05) is 35.9 Å². The van der Waals surface area contributed by atoms with Crippen LogP contribution in [0.1, 0.15) is 5.69 Å². The first-order valence-electron chi connectivity index (χ1n) is 11.5. The molecule has 11 nitrogen and oxygen atoms in total. The Kier molecular flexibility index (Phi) is 6.47. The van der Waals surface area contributed by atoms with Crippen LogP contribution >= 0.6 is 0 Å². The molecule has 0 spiro atoms. The molecule has 0 aliphatic carbocycles. The first kappa shape index (κ1) is 24.8. The number of ether oxygens (including phenoxy) is 1. The smallest absolute Gasteiger partial charge is 0.419 e. The molecule has 0 unspecified atom stereocenters. The summed E-state index contributed by atoms with van der Waals surface area (Å²) < 4.78 is 39.9. The molecule has 38 heavy (non-hydrogen) atoms. The number of benzene rings is 3. The standard InChI is InChI=1S/C26H24N6O5S/c1-16-14-24(28-17-8-10-20(36-3)11-9-17)30-25(27-16)29-18-4-6-19(7-5-18)31-38(34,35)21-12-13-23-22(15-21)32(2)26(33)37-23/h4-15,31H,1-3H3,(H2,27,28,29,30). The van der Waals surface area contributed by atoms with E-state index in [0.29, 0.717) is 34.2 Å². The zero-order chi connectivity index (χ0) is 26.9. The van der Waals surface area contributed by atoms with E-state index in [1.165, 1.54) is 29.8 Å². The third-order valence-electron chi connectivity index (χ3n) is 5.68. The molecule has 3 aromatic carbocycles. The molecule has 0 bridgehead atoms. The molecule has 0 radical (unpaired) electrons. The van der Waals surface area contributed by atoms with Crippen LogP contribution in [0, 0.1) is 6.92 Å². The van der Waals surface area contributed by atoms with Gasteiger partial charge in [-0.15, -0.1) is 0 Å². The molecule has 5 aromatic rings. The minimum Gasteiger partial charge on any atom is -0.497 e. The van der Waals surface area contributed by atoms with E-state index in [1.807, 2.05) is 37.3 Å². The second kappa shape index (κ2) is 9.90. The molecule has 2 aromatic heterocycles. The molecule has 0 amide bonds. The van der Waals surface area contributed by atoms with Gasteiger partial charge < -0.3 is 19.8 Å². The second-order valence-corrected chi connectivity index (χ2v) is 10.1. The van der Waals surface area contributed by atoms with Crippen LogP contribution in [0.25, 0.3) is 11.1 Å². The van der Waals surface area contributed by atoms with Crippen molar-refractivity contribution in [2.45, 2.75) is 11.8 Å². The van der Waals surface area contributed by atoms with Crippen molar-refractivity contribution >= 4 is 50.0 Å². The topological polar surface area (TPSA) is 140 Å². The molecule has 0 saturated heterocycles. The first-order valence-corrected chi connectivity index (χ1v) is 12.9. The number of aromatic nitrogens is 3. The van der Waals surface area contributed by atoms with Crippen LogP contribution in [-0.2, 0) is 17.1 Å². The summed E-state index contributed by atoms with van der Waals surface area (Å²) in [6, 6.07) is 20.2. The minimum absolute atomic E-state index is 0.00801. The van der Waals surface area contributed by atoms with Crippen molar-refractivity contribution in [3.63, 3.8) is 0 Å². The highest BCUT2D eigenvalue weighted by Crippen LogP contribution is 2.24. The van der Waals surface area contributed by atoms with Crippen molar-refractivity contribution in [1.82, 2.24) is 14.5 Å². The number of sulfonamides is 1. The van der Waals surface area contributed by atoms with Gasteiger partial charge in [0.1, 0.15) is 11.6 Å². The largest absolute Gasteiger partial charge is 0.497 e. The van der Waals surface area contributed by atoms with E-state index in [9.17, 15) is 13.2 Å². The summed E-state index contributed by atoms with van der Waals surface area (Å²) in [6.45, 7) is 1.86. The van der Waals surface area contributed by atoms with Crippen LogP contribution in [-0.4, -0.2) is 30.1 Å². The SMILES string of the molecule is COc1ccc(Nc2cc(C)nc(Nc3ccc(NS(=O)(=O)c4ccc5oc(=O)n(C)c5c4)cc3)n2)cc1. The maximum absolute atomic E-state index is 12.9. The summed E-state index contributed by atoms with van der Waals surface area (Å²) in [4.78, 5) is 20.7. The Balaban J connectivity index is 1.29. The van der Waals surface area contributed by atoms with Crippen molar-refractivity contribution in [2.75, 3.05) is 22.5 Å².